The molecule has 2 aromatic rings. The highest BCUT2D eigenvalue weighted by atomic mass is 19.1. The molecule has 0 atom stereocenters. The molecule has 0 saturated carbocycles. The monoisotopic (exact) mass is 320 g/mol. The van der Waals surface area contributed by atoms with E-state index in [0.29, 0.717) is 12.5 Å². The van der Waals surface area contributed by atoms with E-state index in [9.17, 15) is 13.6 Å². The van der Waals surface area contributed by atoms with Crippen LogP contribution in [0.25, 0.3) is 0 Å². The summed E-state index contributed by atoms with van der Waals surface area (Å²) in [6.07, 6.45) is 2.01. The molecule has 1 aromatic heterocycles. The minimum Gasteiger partial charge on any atom is -0.351 e. The van der Waals surface area contributed by atoms with Crippen molar-refractivity contribution in [2.75, 3.05) is 11.9 Å². The van der Waals surface area contributed by atoms with Crippen LogP contribution in [0, 0.1) is 17.6 Å². The van der Waals surface area contributed by atoms with Gasteiger partial charge in [0.05, 0.1) is 0 Å². The Bertz CT molecular complexity index is 671. The van der Waals surface area contributed by atoms with E-state index in [1.54, 1.807) is 0 Å². The number of nitrogens with one attached hydrogen (secondary N) is 2. The lowest BCUT2D eigenvalue weighted by atomic mass is 10.1. The van der Waals surface area contributed by atoms with Crippen LogP contribution in [-0.4, -0.2) is 22.4 Å². The number of anilines is 2. The van der Waals surface area contributed by atoms with Crippen LogP contribution in [0.15, 0.2) is 30.6 Å². The summed E-state index contributed by atoms with van der Waals surface area (Å²) < 4.78 is 27.2. The molecule has 0 fully saturated rings. The summed E-state index contributed by atoms with van der Waals surface area (Å²) in [6.45, 7) is 4.65. The smallest absolute Gasteiger partial charge is 0.270 e. The fraction of sp³-hybridized carbons (Fsp3) is 0.312. The molecule has 7 heteroatoms. The van der Waals surface area contributed by atoms with Gasteiger partial charge in [-0.25, -0.2) is 18.7 Å². The third-order valence-corrected chi connectivity index (χ3v) is 3.12. The number of hydrogen-bond donors (Lipinski definition) is 2. The maximum atomic E-state index is 13.6. The quantitative estimate of drug-likeness (QED) is 0.857. The van der Waals surface area contributed by atoms with Crippen molar-refractivity contribution in [3.63, 3.8) is 0 Å². The number of carbonyl (C=O) groups is 1. The van der Waals surface area contributed by atoms with Gasteiger partial charge in [-0.05, 0) is 24.5 Å². The molecule has 122 valence electrons. The molecule has 0 saturated heterocycles. The Morgan fingerprint density at radius 1 is 1.22 bits per heavy atom. The van der Waals surface area contributed by atoms with Crippen LogP contribution in [0.2, 0.25) is 0 Å². The molecule has 0 aliphatic carbocycles. The van der Waals surface area contributed by atoms with Crippen molar-refractivity contribution >= 4 is 17.4 Å². The molecule has 0 aliphatic heterocycles. The molecule has 5 nitrogen and oxygen atoms in total. The van der Waals surface area contributed by atoms with Crippen LogP contribution in [0.3, 0.4) is 0 Å². The second-order valence-electron chi connectivity index (χ2n) is 5.45. The molecular weight excluding hydrogens is 302 g/mol. The summed E-state index contributed by atoms with van der Waals surface area (Å²) in [6, 6.07) is 4.87. The third kappa shape index (κ3) is 4.70. The molecule has 2 rings (SSSR count). The Balaban J connectivity index is 2.09. The lowest BCUT2D eigenvalue weighted by Gasteiger charge is -2.09. The van der Waals surface area contributed by atoms with Crippen LogP contribution in [0.5, 0.6) is 0 Å². The first kappa shape index (κ1) is 16.8. The Hall–Kier alpha value is -2.57. The number of aromatic nitrogens is 2. The Labute approximate surface area is 133 Å². The van der Waals surface area contributed by atoms with E-state index < -0.39 is 11.6 Å². The average Bonchev–Trinajstić information content (AvgIpc) is 2.51. The van der Waals surface area contributed by atoms with E-state index in [2.05, 4.69) is 34.4 Å². The maximum absolute atomic E-state index is 13.6. The van der Waals surface area contributed by atoms with Gasteiger partial charge in [-0.1, -0.05) is 19.9 Å². The second kappa shape index (κ2) is 7.62. The number of hydrogen-bond acceptors (Lipinski definition) is 4. The van der Waals surface area contributed by atoms with Gasteiger partial charge in [0.1, 0.15) is 35.2 Å². The summed E-state index contributed by atoms with van der Waals surface area (Å²) in [5.74, 6) is -1.23. The highest BCUT2D eigenvalue weighted by Crippen LogP contribution is 2.21. The van der Waals surface area contributed by atoms with Gasteiger partial charge in [-0.3, -0.25) is 4.79 Å². The lowest BCUT2D eigenvalue weighted by Crippen LogP contribution is -2.26. The molecule has 0 spiro atoms. The minimum atomic E-state index is -0.744. The van der Waals surface area contributed by atoms with Crippen LogP contribution in [0.4, 0.5) is 20.3 Å². The molecule has 1 amide bonds. The predicted octanol–water partition coefficient (Wildman–Crippen LogP) is 3.27. The van der Waals surface area contributed by atoms with Crippen LogP contribution in [0.1, 0.15) is 30.8 Å². The lowest BCUT2D eigenvalue weighted by molar-refractivity contribution is 0.0947. The van der Waals surface area contributed by atoms with E-state index in [1.165, 1.54) is 18.5 Å². The summed E-state index contributed by atoms with van der Waals surface area (Å²) in [7, 11) is 0. The highest BCUT2D eigenvalue weighted by molar-refractivity contribution is 5.92. The van der Waals surface area contributed by atoms with E-state index in [4.69, 9.17) is 0 Å². The molecule has 2 N–H and O–H groups in total. The molecule has 1 heterocycles. The summed E-state index contributed by atoms with van der Waals surface area (Å²) in [4.78, 5) is 19.7. The molecular formula is C16H18F2N4O. The second-order valence-corrected chi connectivity index (χ2v) is 5.45. The van der Waals surface area contributed by atoms with E-state index in [1.807, 2.05) is 0 Å². The molecule has 23 heavy (non-hydrogen) atoms. The fourth-order valence-corrected chi connectivity index (χ4v) is 1.86. The summed E-state index contributed by atoms with van der Waals surface area (Å²) >= 11 is 0. The third-order valence-electron chi connectivity index (χ3n) is 3.12. The van der Waals surface area contributed by atoms with Gasteiger partial charge in [0.25, 0.3) is 5.91 Å². The van der Waals surface area contributed by atoms with E-state index in [-0.39, 0.29) is 23.1 Å². The van der Waals surface area contributed by atoms with Crippen LogP contribution in [-0.2, 0) is 0 Å². The molecule has 1 aromatic carbocycles. The standard InChI is InChI=1S/C16H18F2N4O/c1-10(2)6-7-19-16(23)13-8-14(21-9-20-13)22-15-11(17)4-3-5-12(15)18/h3-5,8-10H,6-7H2,1-2H3,(H,19,23)(H,20,21,22). The zero-order chi connectivity index (χ0) is 16.8. The van der Waals surface area contributed by atoms with Gasteiger partial charge in [-0.2, -0.15) is 0 Å². The molecule has 0 aliphatic rings. The number of rotatable bonds is 6. The SMILES string of the molecule is CC(C)CCNC(=O)c1cc(Nc2c(F)cccc2F)ncn1. The van der Waals surface area contributed by atoms with Crippen molar-refractivity contribution in [1.29, 1.82) is 0 Å². The number of para-hydroxylation sites is 1. The fourth-order valence-electron chi connectivity index (χ4n) is 1.86. The first-order chi connectivity index (χ1) is 11.0. The van der Waals surface area contributed by atoms with Gasteiger partial charge in [0.15, 0.2) is 0 Å². The first-order valence-electron chi connectivity index (χ1n) is 7.28. The van der Waals surface area contributed by atoms with Crippen LogP contribution < -0.4 is 10.6 Å². The van der Waals surface area contributed by atoms with Gasteiger partial charge >= 0.3 is 0 Å². The van der Waals surface area contributed by atoms with Crippen molar-refractivity contribution in [3.05, 3.63) is 47.9 Å². The number of nitrogens with zero attached hydrogens (tertiary/aromatic N) is 2. The normalized spacial score (nSPS) is 10.7. The predicted molar refractivity (Wildman–Crippen MR) is 83.5 cm³/mol. The largest absolute Gasteiger partial charge is 0.351 e. The Kier molecular flexibility index (Phi) is 5.56. The van der Waals surface area contributed by atoms with Crippen LogP contribution >= 0.6 is 0 Å². The van der Waals surface area contributed by atoms with Gasteiger partial charge < -0.3 is 10.6 Å². The van der Waals surface area contributed by atoms with E-state index >= 15 is 0 Å². The van der Waals surface area contributed by atoms with Gasteiger partial charge in [0, 0.05) is 12.6 Å². The van der Waals surface area contributed by atoms with Crippen molar-refractivity contribution in [2.24, 2.45) is 5.92 Å². The molecule has 0 bridgehead atoms. The Morgan fingerprint density at radius 2 is 1.91 bits per heavy atom. The topological polar surface area (TPSA) is 66.9 Å². The zero-order valence-corrected chi connectivity index (χ0v) is 12.9. The number of benzene rings is 1. The van der Waals surface area contributed by atoms with Gasteiger partial charge in [-0.15, -0.1) is 0 Å². The zero-order valence-electron chi connectivity index (χ0n) is 12.9. The van der Waals surface area contributed by atoms with Crippen molar-refractivity contribution < 1.29 is 13.6 Å². The number of carbonyl (C=O) groups excluding carboxylic acids is 1. The molecule has 0 unspecified atom stereocenters. The minimum absolute atomic E-state index is 0.128. The number of halogens is 2. The maximum Gasteiger partial charge on any atom is 0.270 e. The van der Waals surface area contributed by atoms with E-state index in [0.717, 1.165) is 18.6 Å². The average molecular weight is 320 g/mol. The molecule has 0 radical (unpaired) electrons. The Morgan fingerprint density at radius 3 is 2.57 bits per heavy atom. The van der Waals surface area contributed by atoms with Crippen molar-refractivity contribution in [3.8, 4) is 0 Å². The first-order valence-corrected chi connectivity index (χ1v) is 7.28. The van der Waals surface area contributed by atoms with Crippen molar-refractivity contribution in [2.45, 2.75) is 20.3 Å². The number of amides is 1. The van der Waals surface area contributed by atoms with Gasteiger partial charge in [0.2, 0.25) is 0 Å². The summed E-state index contributed by atoms with van der Waals surface area (Å²) in [5, 5.41) is 5.27. The van der Waals surface area contributed by atoms with Crippen molar-refractivity contribution in [1.82, 2.24) is 15.3 Å². The highest BCUT2D eigenvalue weighted by Gasteiger charge is 2.12. The summed E-state index contributed by atoms with van der Waals surface area (Å²) in [5.41, 5.74) is -0.194.